The van der Waals surface area contributed by atoms with Gasteiger partial charge in [0.1, 0.15) is 0 Å². The van der Waals surface area contributed by atoms with Crippen LogP contribution in [0.25, 0.3) is 0 Å². The van der Waals surface area contributed by atoms with Crippen molar-refractivity contribution in [1.29, 1.82) is 0 Å². The zero-order valence-corrected chi connectivity index (χ0v) is 13.0. The third-order valence-electron chi connectivity index (χ3n) is 3.44. The number of aliphatic carboxylic acids is 1. The van der Waals surface area contributed by atoms with Crippen LogP contribution in [0.2, 0.25) is 0 Å². The van der Waals surface area contributed by atoms with Crippen molar-refractivity contribution in [3.8, 4) is 0 Å². The molecular formula is C14H21N3O3S. The van der Waals surface area contributed by atoms with Crippen LogP contribution in [0.3, 0.4) is 0 Å². The minimum Gasteiger partial charge on any atom is -0.480 e. The van der Waals surface area contributed by atoms with Crippen molar-refractivity contribution in [3.63, 3.8) is 0 Å². The van der Waals surface area contributed by atoms with Gasteiger partial charge in [-0.2, -0.15) is 0 Å². The maximum atomic E-state index is 12.1. The number of carboxylic acid groups (broad SMARTS) is 1. The van der Waals surface area contributed by atoms with Crippen LogP contribution in [0, 0.1) is 6.92 Å². The summed E-state index contributed by atoms with van der Waals surface area (Å²) in [6.07, 6.45) is 0.804. The van der Waals surface area contributed by atoms with Crippen LogP contribution in [0.1, 0.15) is 16.2 Å². The van der Waals surface area contributed by atoms with Gasteiger partial charge < -0.3 is 15.3 Å². The van der Waals surface area contributed by atoms with Gasteiger partial charge in [-0.15, -0.1) is 11.3 Å². The zero-order valence-electron chi connectivity index (χ0n) is 12.2. The molecule has 2 amide bonds. The van der Waals surface area contributed by atoms with Crippen LogP contribution >= 0.6 is 11.3 Å². The standard InChI is InChI=1S/C14H21N3O3S/c1-11-3-4-12(21-11)9-15-14(20)17-6-2-5-16(7-8-17)10-13(18)19/h3-4H,2,5-10H2,1H3,(H,15,20)(H,18,19). The molecule has 1 aromatic heterocycles. The second-order valence-electron chi connectivity index (χ2n) is 5.18. The van der Waals surface area contributed by atoms with Crippen LogP contribution in [-0.4, -0.2) is 59.6 Å². The first-order valence-corrected chi connectivity index (χ1v) is 7.88. The summed E-state index contributed by atoms with van der Waals surface area (Å²) in [7, 11) is 0. The van der Waals surface area contributed by atoms with Crippen LogP contribution in [0.15, 0.2) is 12.1 Å². The van der Waals surface area contributed by atoms with Crippen molar-refractivity contribution >= 4 is 23.3 Å². The van der Waals surface area contributed by atoms with Gasteiger partial charge in [-0.05, 0) is 25.5 Å². The van der Waals surface area contributed by atoms with Gasteiger partial charge in [0.25, 0.3) is 0 Å². The minimum atomic E-state index is -0.819. The molecule has 0 unspecified atom stereocenters. The molecule has 0 aromatic carbocycles. The van der Waals surface area contributed by atoms with E-state index in [4.69, 9.17) is 5.11 Å². The Balaban J connectivity index is 1.78. The number of nitrogens with one attached hydrogen (secondary N) is 1. The molecule has 0 spiro atoms. The van der Waals surface area contributed by atoms with E-state index in [1.807, 2.05) is 24.0 Å². The van der Waals surface area contributed by atoms with E-state index < -0.39 is 5.97 Å². The summed E-state index contributed by atoms with van der Waals surface area (Å²) >= 11 is 1.68. The van der Waals surface area contributed by atoms with Crippen molar-refractivity contribution in [2.45, 2.75) is 19.9 Å². The summed E-state index contributed by atoms with van der Waals surface area (Å²) in [6.45, 7) is 5.21. The number of nitrogens with zero attached hydrogens (tertiary/aromatic N) is 2. The van der Waals surface area contributed by atoms with E-state index in [9.17, 15) is 9.59 Å². The van der Waals surface area contributed by atoms with Gasteiger partial charge >= 0.3 is 12.0 Å². The fourth-order valence-electron chi connectivity index (χ4n) is 2.38. The summed E-state index contributed by atoms with van der Waals surface area (Å²) in [6, 6.07) is 4.00. The summed E-state index contributed by atoms with van der Waals surface area (Å²) < 4.78 is 0. The molecule has 7 heteroatoms. The summed E-state index contributed by atoms with van der Waals surface area (Å²) in [5, 5.41) is 11.7. The Labute approximate surface area is 128 Å². The molecule has 0 atom stereocenters. The minimum absolute atomic E-state index is 0.0456. The Morgan fingerprint density at radius 3 is 2.76 bits per heavy atom. The molecule has 1 aliphatic heterocycles. The average Bonchev–Trinajstić information content (AvgIpc) is 2.70. The van der Waals surface area contributed by atoms with E-state index in [1.165, 1.54) is 4.88 Å². The fraction of sp³-hybridized carbons (Fsp3) is 0.571. The van der Waals surface area contributed by atoms with Gasteiger partial charge in [-0.25, -0.2) is 4.79 Å². The Hall–Kier alpha value is -1.60. The number of rotatable bonds is 4. The third kappa shape index (κ3) is 5.02. The number of carbonyl (C=O) groups is 2. The number of urea groups is 1. The fourth-order valence-corrected chi connectivity index (χ4v) is 3.21. The molecule has 1 aromatic rings. The van der Waals surface area contributed by atoms with E-state index in [0.29, 0.717) is 26.2 Å². The number of carbonyl (C=O) groups excluding carboxylic acids is 1. The van der Waals surface area contributed by atoms with E-state index in [2.05, 4.69) is 5.32 Å². The molecule has 21 heavy (non-hydrogen) atoms. The summed E-state index contributed by atoms with van der Waals surface area (Å²) in [5.74, 6) is -0.819. The first-order valence-electron chi connectivity index (χ1n) is 7.07. The molecule has 2 N–H and O–H groups in total. The van der Waals surface area contributed by atoms with Crippen LogP contribution < -0.4 is 5.32 Å². The zero-order chi connectivity index (χ0) is 15.2. The number of thiophene rings is 1. The quantitative estimate of drug-likeness (QED) is 0.880. The smallest absolute Gasteiger partial charge is 0.317 e. The van der Waals surface area contributed by atoms with Crippen molar-refractivity contribution < 1.29 is 14.7 Å². The second kappa shape index (κ2) is 7.42. The van der Waals surface area contributed by atoms with Crippen molar-refractivity contribution in [2.75, 3.05) is 32.7 Å². The molecule has 0 aliphatic carbocycles. The predicted octanol–water partition coefficient (Wildman–Crippen LogP) is 1.36. The number of hydrogen-bond acceptors (Lipinski definition) is 4. The average molecular weight is 311 g/mol. The Bertz CT molecular complexity index is 503. The Morgan fingerprint density at radius 1 is 1.29 bits per heavy atom. The maximum absolute atomic E-state index is 12.1. The topological polar surface area (TPSA) is 72.9 Å². The van der Waals surface area contributed by atoms with Crippen molar-refractivity contribution in [1.82, 2.24) is 15.1 Å². The predicted molar refractivity (Wildman–Crippen MR) is 81.6 cm³/mol. The molecule has 116 valence electrons. The molecule has 1 fully saturated rings. The lowest BCUT2D eigenvalue weighted by Crippen LogP contribution is -2.42. The lowest BCUT2D eigenvalue weighted by atomic mass is 10.4. The second-order valence-corrected chi connectivity index (χ2v) is 6.55. The Morgan fingerprint density at radius 2 is 2.10 bits per heavy atom. The SMILES string of the molecule is Cc1ccc(CNC(=O)N2CCCN(CC(=O)O)CC2)s1. The number of amides is 2. The van der Waals surface area contributed by atoms with Gasteiger partial charge in [0.05, 0.1) is 13.1 Å². The molecule has 1 saturated heterocycles. The normalized spacial score (nSPS) is 16.5. The molecule has 1 aliphatic rings. The van der Waals surface area contributed by atoms with Gasteiger partial charge in [0.2, 0.25) is 0 Å². The number of aryl methyl sites for hydroxylation is 1. The molecule has 2 rings (SSSR count). The van der Waals surface area contributed by atoms with E-state index in [-0.39, 0.29) is 12.6 Å². The number of carboxylic acids is 1. The lowest BCUT2D eigenvalue weighted by molar-refractivity contribution is -0.138. The highest BCUT2D eigenvalue weighted by atomic mass is 32.1. The largest absolute Gasteiger partial charge is 0.480 e. The lowest BCUT2D eigenvalue weighted by Gasteiger charge is -2.21. The van der Waals surface area contributed by atoms with Gasteiger partial charge in [0.15, 0.2) is 0 Å². The molecule has 0 bridgehead atoms. The monoisotopic (exact) mass is 311 g/mol. The van der Waals surface area contributed by atoms with Crippen molar-refractivity contribution in [2.24, 2.45) is 0 Å². The molecule has 2 heterocycles. The maximum Gasteiger partial charge on any atom is 0.317 e. The van der Waals surface area contributed by atoms with Gasteiger partial charge in [-0.3, -0.25) is 9.69 Å². The molecule has 0 radical (unpaired) electrons. The first kappa shape index (κ1) is 15.8. The van der Waals surface area contributed by atoms with Crippen LogP contribution in [0.5, 0.6) is 0 Å². The van der Waals surface area contributed by atoms with E-state index >= 15 is 0 Å². The van der Waals surface area contributed by atoms with Gasteiger partial charge in [0, 0.05) is 35.9 Å². The van der Waals surface area contributed by atoms with Crippen LogP contribution in [0.4, 0.5) is 4.79 Å². The highest BCUT2D eigenvalue weighted by molar-refractivity contribution is 7.11. The third-order valence-corrected chi connectivity index (χ3v) is 4.45. The van der Waals surface area contributed by atoms with Crippen LogP contribution in [-0.2, 0) is 11.3 Å². The summed E-state index contributed by atoms with van der Waals surface area (Å²) in [5.41, 5.74) is 0. The summed E-state index contributed by atoms with van der Waals surface area (Å²) in [4.78, 5) is 28.9. The van der Waals surface area contributed by atoms with Gasteiger partial charge in [-0.1, -0.05) is 0 Å². The molecular weight excluding hydrogens is 290 g/mol. The molecule has 0 saturated carbocycles. The Kier molecular flexibility index (Phi) is 5.58. The number of hydrogen-bond donors (Lipinski definition) is 2. The van der Waals surface area contributed by atoms with Crippen molar-refractivity contribution in [3.05, 3.63) is 21.9 Å². The highest BCUT2D eigenvalue weighted by Crippen LogP contribution is 2.14. The highest BCUT2D eigenvalue weighted by Gasteiger charge is 2.20. The van der Waals surface area contributed by atoms with E-state index in [0.717, 1.165) is 17.8 Å². The van der Waals surface area contributed by atoms with E-state index in [1.54, 1.807) is 16.2 Å². The first-order chi connectivity index (χ1) is 10.0. The molecule has 6 nitrogen and oxygen atoms in total.